The zero-order valence-electron chi connectivity index (χ0n) is 22.2. The Morgan fingerprint density at radius 2 is 1.89 bits per heavy atom. The first-order chi connectivity index (χ1) is 18.5. The average Bonchev–Trinajstić information content (AvgIpc) is 3.67. The number of fused-ring (bicyclic) bond motifs is 2. The third-order valence-electron chi connectivity index (χ3n) is 8.20. The summed E-state index contributed by atoms with van der Waals surface area (Å²) in [6.45, 7) is 4.41. The van der Waals surface area contributed by atoms with Crippen LogP contribution >= 0.6 is 11.8 Å². The van der Waals surface area contributed by atoms with E-state index in [1.165, 1.54) is 49.1 Å². The molecule has 1 amide bonds. The molecule has 6 nitrogen and oxygen atoms in total. The van der Waals surface area contributed by atoms with Crippen molar-refractivity contribution in [3.8, 4) is 5.75 Å². The predicted molar refractivity (Wildman–Crippen MR) is 147 cm³/mol. The number of thioether (sulfide) groups is 1. The molecule has 2 aliphatic rings. The van der Waals surface area contributed by atoms with Crippen LogP contribution in [0.4, 0.5) is 4.39 Å². The second-order valence-electron chi connectivity index (χ2n) is 10.8. The minimum Gasteiger partial charge on any atom is -0.483 e. The van der Waals surface area contributed by atoms with Crippen LogP contribution in [0.5, 0.6) is 5.75 Å². The molecule has 1 heterocycles. The lowest BCUT2D eigenvalue weighted by Crippen LogP contribution is -2.34. The summed E-state index contributed by atoms with van der Waals surface area (Å²) in [6, 6.07) is 17.0. The number of ether oxygens (including phenoxy) is 1. The van der Waals surface area contributed by atoms with Crippen molar-refractivity contribution in [3.05, 3.63) is 71.8 Å². The van der Waals surface area contributed by atoms with E-state index in [4.69, 9.17) is 4.74 Å². The van der Waals surface area contributed by atoms with Gasteiger partial charge in [-0.2, -0.15) is 0 Å². The smallest absolute Gasteiger partial charge is 0.230 e. The van der Waals surface area contributed by atoms with Crippen LogP contribution in [0, 0.1) is 23.6 Å². The Labute approximate surface area is 228 Å². The number of aromatic nitrogens is 3. The van der Waals surface area contributed by atoms with Gasteiger partial charge in [0, 0.05) is 12.1 Å². The van der Waals surface area contributed by atoms with E-state index >= 15 is 0 Å². The van der Waals surface area contributed by atoms with Crippen LogP contribution in [0.25, 0.3) is 0 Å². The fourth-order valence-corrected chi connectivity index (χ4v) is 7.09. The lowest BCUT2D eigenvalue weighted by molar-refractivity contribution is -0.119. The number of amides is 1. The monoisotopic (exact) mass is 536 g/mol. The maximum atomic E-state index is 14.2. The Bertz CT molecular complexity index is 1220. The summed E-state index contributed by atoms with van der Waals surface area (Å²) in [5, 5.41) is 12.7. The second kappa shape index (κ2) is 12.3. The number of aryl methyl sites for hydroxylation is 1. The Hall–Kier alpha value is -2.87. The van der Waals surface area contributed by atoms with Crippen molar-refractivity contribution in [2.75, 3.05) is 5.75 Å². The summed E-state index contributed by atoms with van der Waals surface area (Å²) in [6.07, 6.45) is 6.97. The second-order valence-corrected chi connectivity index (χ2v) is 11.8. The van der Waals surface area contributed by atoms with E-state index < -0.39 is 5.82 Å². The van der Waals surface area contributed by atoms with Gasteiger partial charge in [-0.3, -0.25) is 9.36 Å². The number of hydrogen-bond acceptors (Lipinski definition) is 5. The Kier molecular flexibility index (Phi) is 8.67. The van der Waals surface area contributed by atoms with E-state index in [1.54, 1.807) is 18.2 Å². The lowest BCUT2D eigenvalue weighted by atomic mass is 9.84. The molecule has 5 rings (SSSR count). The van der Waals surface area contributed by atoms with Gasteiger partial charge < -0.3 is 10.1 Å². The summed E-state index contributed by atoms with van der Waals surface area (Å²) in [4.78, 5) is 12.8. The minimum absolute atomic E-state index is 0.0122. The molecule has 2 fully saturated rings. The first-order valence-electron chi connectivity index (χ1n) is 13.7. The van der Waals surface area contributed by atoms with Crippen molar-refractivity contribution in [1.82, 2.24) is 20.1 Å². The van der Waals surface area contributed by atoms with Gasteiger partial charge in [0.25, 0.3) is 0 Å². The van der Waals surface area contributed by atoms with Crippen molar-refractivity contribution in [3.63, 3.8) is 0 Å². The van der Waals surface area contributed by atoms with Crippen molar-refractivity contribution in [2.45, 2.75) is 76.2 Å². The van der Waals surface area contributed by atoms with Gasteiger partial charge in [-0.05, 0) is 81.4 Å². The van der Waals surface area contributed by atoms with Crippen molar-refractivity contribution >= 4 is 17.7 Å². The molecule has 0 spiro atoms. The summed E-state index contributed by atoms with van der Waals surface area (Å²) >= 11 is 1.41. The fraction of sp³-hybridized carbons (Fsp3) is 0.500. The highest BCUT2D eigenvalue weighted by molar-refractivity contribution is 7.99. The molecule has 202 valence electrons. The van der Waals surface area contributed by atoms with Crippen molar-refractivity contribution < 1.29 is 13.9 Å². The molecule has 2 bridgehead atoms. The van der Waals surface area contributed by atoms with Crippen LogP contribution in [0.15, 0.2) is 59.8 Å². The van der Waals surface area contributed by atoms with E-state index in [-0.39, 0.29) is 36.1 Å². The van der Waals surface area contributed by atoms with Crippen molar-refractivity contribution in [2.24, 2.45) is 17.8 Å². The summed E-state index contributed by atoms with van der Waals surface area (Å²) in [7, 11) is 0. The van der Waals surface area contributed by atoms with E-state index in [0.717, 1.165) is 29.8 Å². The molecule has 0 unspecified atom stereocenters. The molecule has 0 aliphatic heterocycles. The van der Waals surface area contributed by atoms with Crippen LogP contribution < -0.4 is 10.1 Å². The highest BCUT2D eigenvalue weighted by Gasteiger charge is 2.43. The number of nitrogens with zero attached hydrogens (tertiary/aromatic N) is 3. The van der Waals surface area contributed by atoms with Crippen LogP contribution in [0.2, 0.25) is 0 Å². The van der Waals surface area contributed by atoms with Crippen LogP contribution in [0.1, 0.15) is 63.4 Å². The quantitative estimate of drug-likeness (QED) is 0.278. The highest BCUT2D eigenvalue weighted by atomic mass is 32.2. The van der Waals surface area contributed by atoms with Crippen molar-refractivity contribution in [1.29, 1.82) is 0 Å². The number of carbonyl (C=O) groups excluding carboxylic acids is 1. The summed E-state index contributed by atoms with van der Waals surface area (Å²) < 4.78 is 22.1. The zero-order valence-corrected chi connectivity index (χ0v) is 23.0. The molecule has 5 atom stereocenters. The first kappa shape index (κ1) is 26.7. The Morgan fingerprint density at radius 3 is 2.63 bits per heavy atom. The van der Waals surface area contributed by atoms with E-state index in [0.29, 0.717) is 11.7 Å². The number of carbonyl (C=O) groups is 1. The van der Waals surface area contributed by atoms with E-state index in [1.807, 2.05) is 25.1 Å². The topological polar surface area (TPSA) is 69.0 Å². The molecule has 2 saturated carbocycles. The van der Waals surface area contributed by atoms with Gasteiger partial charge in [0.2, 0.25) is 5.91 Å². The van der Waals surface area contributed by atoms with Gasteiger partial charge >= 0.3 is 0 Å². The highest BCUT2D eigenvalue weighted by Crippen LogP contribution is 2.52. The number of benzene rings is 2. The third-order valence-corrected chi connectivity index (χ3v) is 9.14. The molecule has 2 aromatic carbocycles. The van der Waals surface area contributed by atoms with Gasteiger partial charge in [0.1, 0.15) is 6.61 Å². The van der Waals surface area contributed by atoms with E-state index in [2.05, 4.69) is 39.1 Å². The molecular weight excluding hydrogens is 499 g/mol. The predicted octanol–water partition coefficient (Wildman–Crippen LogP) is 6.22. The molecule has 1 N–H and O–H groups in total. The van der Waals surface area contributed by atoms with Crippen LogP contribution in [-0.4, -0.2) is 32.5 Å². The minimum atomic E-state index is -0.396. The average molecular weight is 537 g/mol. The van der Waals surface area contributed by atoms with Gasteiger partial charge in [-0.25, -0.2) is 4.39 Å². The van der Waals surface area contributed by atoms with Gasteiger partial charge in [0.05, 0.1) is 5.75 Å². The van der Waals surface area contributed by atoms with Gasteiger partial charge in [0.15, 0.2) is 22.5 Å². The van der Waals surface area contributed by atoms with Crippen LogP contribution in [0.3, 0.4) is 0 Å². The lowest BCUT2D eigenvalue weighted by Gasteiger charge is -2.30. The first-order valence-corrected chi connectivity index (χ1v) is 14.7. The maximum absolute atomic E-state index is 14.2. The number of nitrogens with one attached hydrogen (secondary N) is 1. The number of rotatable bonds is 12. The molecule has 2 aliphatic carbocycles. The molecule has 38 heavy (non-hydrogen) atoms. The maximum Gasteiger partial charge on any atom is 0.230 e. The molecule has 0 radical (unpaired) electrons. The molecule has 1 aromatic heterocycles. The van der Waals surface area contributed by atoms with Gasteiger partial charge in [-0.1, -0.05) is 60.6 Å². The molecule has 0 saturated heterocycles. The molecular formula is C30H37FN4O2S. The number of para-hydroxylation sites is 1. The Balaban J connectivity index is 1.23. The zero-order chi connectivity index (χ0) is 26.5. The summed E-state index contributed by atoms with van der Waals surface area (Å²) in [5.74, 6) is 2.84. The van der Waals surface area contributed by atoms with Crippen LogP contribution in [-0.2, 0) is 17.8 Å². The Morgan fingerprint density at radius 1 is 1.11 bits per heavy atom. The molecule has 8 heteroatoms. The largest absolute Gasteiger partial charge is 0.483 e. The van der Waals surface area contributed by atoms with Gasteiger partial charge in [-0.15, -0.1) is 10.2 Å². The standard InChI is InChI=1S/C30H37FN4O2S/c1-20(12-13-22-8-4-3-5-9-22)32-29(36)19-38-30-34-33-28(18-37-27-11-7-6-10-26(27)31)35(30)21(2)25-17-23-14-15-24(25)16-23/h3-11,20-21,23-25H,12-19H2,1-2H3,(H,32,36)/t20-,21+,23+,24+,25+/m1/s1. The third kappa shape index (κ3) is 6.40. The molecule has 3 aromatic rings. The summed E-state index contributed by atoms with van der Waals surface area (Å²) in [5.41, 5.74) is 1.27. The number of halogens is 1. The van der Waals surface area contributed by atoms with E-state index in [9.17, 15) is 9.18 Å². The normalized spacial score (nSPS) is 21.8. The fourth-order valence-electron chi connectivity index (χ4n) is 6.24. The number of hydrogen-bond donors (Lipinski definition) is 1. The SMILES string of the molecule is C[C@H](CCc1ccccc1)NC(=O)CSc1nnc(COc2ccccc2F)n1[C@@H](C)[C@@H]1C[C@H]2CC[C@H]1C2.